The summed E-state index contributed by atoms with van der Waals surface area (Å²) in [4.78, 5) is 25.1. The van der Waals surface area contributed by atoms with Crippen LogP contribution >= 0.6 is 0 Å². The summed E-state index contributed by atoms with van der Waals surface area (Å²) in [5.74, 6) is 1.83. The first-order valence-corrected chi connectivity index (χ1v) is 25.7. The van der Waals surface area contributed by atoms with E-state index in [9.17, 15) is 0 Å². The minimum atomic E-state index is -0.118. The lowest BCUT2D eigenvalue weighted by atomic mass is 9.79. The van der Waals surface area contributed by atoms with E-state index < -0.39 is 0 Å². The van der Waals surface area contributed by atoms with Gasteiger partial charge in [0.15, 0.2) is 23.2 Å². The Bertz CT molecular complexity index is 3860. The minimum Gasteiger partial charge on any atom is -0.309 e. The van der Waals surface area contributed by atoms with Crippen molar-refractivity contribution in [3.8, 4) is 56.7 Å². The summed E-state index contributed by atoms with van der Waals surface area (Å²) in [6.07, 6.45) is 3.85. The molecule has 4 aromatic heterocycles. The van der Waals surface area contributed by atoms with Crippen molar-refractivity contribution in [1.82, 2.24) is 29.1 Å². The number of fused-ring (bicyclic) bond motifs is 6. The molecule has 74 heavy (non-hydrogen) atoms. The van der Waals surface area contributed by atoms with Crippen molar-refractivity contribution in [1.29, 1.82) is 0 Å². The zero-order valence-corrected chi connectivity index (χ0v) is 44.7. The van der Waals surface area contributed by atoms with E-state index in [1.807, 2.05) is 24.5 Å². The van der Waals surface area contributed by atoms with E-state index in [1.54, 1.807) is 0 Å². The van der Waals surface area contributed by atoms with Crippen LogP contribution in [0.15, 0.2) is 164 Å². The van der Waals surface area contributed by atoms with Crippen LogP contribution < -0.4 is 0 Å². The smallest absolute Gasteiger partial charge is 0.188 e. The van der Waals surface area contributed by atoms with Crippen LogP contribution in [0, 0.1) is 6.57 Å². The van der Waals surface area contributed by atoms with Crippen molar-refractivity contribution in [3.05, 3.63) is 198 Å². The fraction of sp³-hybridized carbons (Fsp3) is 0.239. The lowest BCUT2D eigenvalue weighted by Gasteiger charge is -2.26. The van der Waals surface area contributed by atoms with Crippen LogP contribution in [0.4, 0.5) is 5.69 Å². The Morgan fingerprint density at radius 3 is 1.26 bits per heavy atom. The number of aromatic nitrogens is 6. The van der Waals surface area contributed by atoms with Gasteiger partial charge in [-0.1, -0.05) is 156 Å². The molecule has 0 aliphatic rings. The molecule has 0 saturated heterocycles. The summed E-state index contributed by atoms with van der Waals surface area (Å²) in [6, 6.07) is 54.3. The molecule has 0 radical (unpaired) electrons. The van der Waals surface area contributed by atoms with Crippen molar-refractivity contribution in [2.24, 2.45) is 0 Å². The molecule has 7 heteroatoms. The molecule has 0 unspecified atom stereocenters. The highest BCUT2D eigenvalue weighted by molar-refractivity contribution is 6.12. The number of benzene rings is 7. The molecule has 7 nitrogen and oxygen atoms in total. The van der Waals surface area contributed by atoms with Crippen LogP contribution in [-0.2, 0) is 21.7 Å². The fourth-order valence-electron chi connectivity index (χ4n) is 10.4. The predicted octanol–water partition coefficient (Wildman–Crippen LogP) is 17.9. The van der Waals surface area contributed by atoms with Gasteiger partial charge in [0.25, 0.3) is 0 Å². The second-order valence-electron chi connectivity index (χ2n) is 24.1. The Morgan fingerprint density at radius 2 is 0.797 bits per heavy atom. The van der Waals surface area contributed by atoms with Gasteiger partial charge in [-0.05, 0) is 128 Å². The molecule has 11 rings (SSSR count). The number of para-hydroxylation sites is 3. The number of rotatable bonds is 6. The molecule has 11 aromatic rings. The van der Waals surface area contributed by atoms with Gasteiger partial charge in [0.05, 0.1) is 46.2 Å². The van der Waals surface area contributed by atoms with Crippen molar-refractivity contribution in [2.75, 3.05) is 0 Å². The molecular weight excluding hydrogens is 903 g/mol. The molecule has 0 atom stereocenters. The summed E-state index contributed by atoms with van der Waals surface area (Å²) in [5, 5.41) is 4.44. The van der Waals surface area contributed by atoms with Crippen molar-refractivity contribution < 1.29 is 0 Å². The minimum absolute atomic E-state index is 0.118. The van der Waals surface area contributed by atoms with E-state index in [1.165, 1.54) is 33.0 Å². The van der Waals surface area contributed by atoms with Gasteiger partial charge in [0.1, 0.15) is 0 Å². The molecule has 366 valence electrons. The second kappa shape index (κ2) is 17.5. The molecule has 0 amide bonds. The van der Waals surface area contributed by atoms with Crippen LogP contribution in [-0.4, -0.2) is 29.1 Å². The summed E-state index contributed by atoms with van der Waals surface area (Å²) in [7, 11) is 0. The van der Waals surface area contributed by atoms with Crippen LogP contribution in [0.2, 0.25) is 0 Å². The predicted molar refractivity (Wildman–Crippen MR) is 309 cm³/mol. The van der Waals surface area contributed by atoms with Gasteiger partial charge >= 0.3 is 0 Å². The Balaban J connectivity index is 1.24. The van der Waals surface area contributed by atoms with Crippen molar-refractivity contribution in [3.63, 3.8) is 0 Å². The average molecular weight is 966 g/mol. The van der Waals surface area contributed by atoms with Crippen molar-refractivity contribution in [2.45, 2.75) is 105 Å². The third kappa shape index (κ3) is 8.52. The standard InChI is InChI=1S/C67H63N7/c1-64(2,3)44-32-42(33-45(37-44)65(4,5)6)62-70-61(71-63(72-62)43-34-46(66(7,8)9)38-47(35-43)67(10,11)12)41-26-28-58(73-55-23-17-14-20-49(55)50-21-15-18-24-56(50)73)53(36-41)52-30-31-69-40-60(52)74-57-25-19-16-22-51(57)54-39-48(68-13)27-29-59(54)74/h14-40H,1-12H3. The van der Waals surface area contributed by atoms with Gasteiger partial charge in [-0.25, -0.2) is 19.8 Å². The third-order valence-corrected chi connectivity index (χ3v) is 14.7. The monoisotopic (exact) mass is 966 g/mol. The quantitative estimate of drug-likeness (QED) is 0.156. The highest BCUT2D eigenvalue weighted by atomic mass is 15.0. The Kier molecular flexibility index (Phi) is 11.4. The van der Waals surface area contributed by atoms with E-state index >= 15 is 0 Å². The fourth-order valence-corrected chi connectivity index (χ4v) is 10.4. The average Bonchev–Trinajstić information content (AvgIpc) is 3.89. The maximum absolute atomic E-state index is 7.89. The summed E-state index contributed by atoms with van der Waals surface area (Å²) >= 11 is 0. The molecule has 0 fully saturated rings. The molecule has 0 bridgehead atoms. The highest BCUT2D eigenvalue weighted by Crippen LogP contribution is 2.43. The van der Waals surface area contributed by atoms with E-state index in [2.05, 4.69) is 237 Å². The lowest BCUT2D eigenvalue weighted by Crippen LogP contribution is -2.17. The first kappa shape index (κ1) is 48.1. The lowest BCUT2D eigenvalue weighted by molar-refractivity contribution is 0.568. The summed E-state index contributed by atoms with van der Waals surface area (Å²) < 4.78 is 4.69. The van der Waals surface area contributed by atoms with Gasteiger partial charge < -0.3 is 9.13 Å². The molecular formula is C67H63N7. The van der Waals surface area contributed by atoms with Crippen LogP contribution in [0.5, 0.6) is 0 Å². The first-order chi connectivity index (χ1) is 35.2. The van der Waals surface area contributed by atoms with Gasteiger partial charge in [-0.15, -0.1) is 0 Å². The zero-order chi connectivity index (χ0) is 52.1. The molecule has 0 N–H and O–H groups in total. The molecule has 0 aliphatic heterocycles. The molecule has 0 spiro atoms. The van der Waals surface area contributed by atoms with Crippen LogP contribution in [0.3, 0.4) is 0 Å². The first-order valence-electron chi connectivity index (χ1n) is 25.7. The van der Waals surface area contributed by atoms with Crippen molar-refractivity contribution >= 4 is 49.3 Å². The largest absolute Gasteiger partial charge is 0.309 e. The number of nitrogens with zero attached hydrogens (tertiary/aromatic N) is 7. The SMILES string of the molecule is [C-]#[N+]c1ccc2c(c1)c1ccccc1n2-c1cnccc1-c1cc(-c2nc(-c3cc(C(C)(C)C)cc(C(C)(C)C)c3)nc(-c3cc(C(C)(C)C)cc(C(C)(C)C)c3)n2)ccc1-n1c2ccccc2c2ccccc21. The van der Waals surface area contributed by atoms with Gasteiger partial charge in [0, 0.05) is 50.2 Å². The number of hydrogen-bond donors (Lipinski definition) is 0. The highest BCUT2D eigenvalue weighted by Gasteiger charge is 2.27. The maximum atomic E-state index is 7.89. The Morgan fingerprint density at radius 1 is 0.378 bits per heavy atom. The maximum Gasteiger partial charge on any atom is 0.188 e. The van der Waals surface area contributed by atoms with E-state index in [4.69, 9.17) is 26.5 Å². The van der Waals surface area contributed by atoms with Gasteiger partial charge in [-0.2, -0.15) is 0 Å². The van der Waals surface area contributed by atoms with Crippen LogP contribution in [0.1, 0.15) is 105 Å². The zero-order valence-electron chi connectivity index (χ0n) is 44.7. The summed E-state index contributed by atoms with van der Waals surface area (Å²) in [5.41, 5.74) is 15.9. The normalized spacial score (nSPS) is 12.6. The van der Waals surface area contributed by atoms with Gasteiger partial charge in [0.2, 0.25) is 0 Å². The Labute approximate surface area is 435 Å². The number of pyridine rings is 1. The summed E-state index contributed by atoms with van der Waals surface area (Å²) in [6.45, 7) is 35.1. The topological polar surface area (TPSA) is 65.8 Å². The molecule has 0 aliphatic carbocycles. The third-order valence-electron chi connectivity index (χ3n) is 14.7. The number of hydrogen-bond acceptors (Lipinski definition) is 4. The second-order valence-corrected chi connectivity index (χ2v) is 24.1. The van der Waals surface area contributed by atoms with E-state index in [0.29, 0.717) is 23.2 Å². The van der Waals surface area contributed by atoms with E-state index in [0.717, 1.165) is 72.0 Å². The molecule has 7 aromatic carbocycles. The molecule has 4 heterocycles. The Hall–Kier alpha value is -8.21. The van der Waals surface area contributed by atoms with E-state index in [-0.39, 0.29) is 21.7 Å². The molecule has 0 saturated carbocycles. The van der Waals surface area contributed by atoms with Gasteiger partial charge in [-0.3, -0.25) is 4.98 Å². The van der Waals surface area contributed by atoms with Crippen LogP contribution in [0.25, 0.3) is 105 Å².